The maximum absolute atomic E-state index is 4.71. The van der Waals surface area contributed by atoms with Crippen LogP contribution in [0.5, 0.6) is 0 Å². The molecule has 0 saturated carbocycles. The number of aromatic nitrogens is 1. The van der Waals surface area contributed by atoms with Crippen LogP contribution < -0.4 is 10.2 Å². The molecule has 2 aromatic rings. The zero-order chi connectivity index (χ0) is 15.2. The summed E-state index contributed by atoms with van der Waals surface area (Å²) in [4.78, 5) is 8.30. The second kappa shape index (κ2) is 7.57. The Morgan fingerprint density at radius 3 is 2.62 bits per heavy atom. The maximum atomic E-state index is 4.71. The fourth-order valence-electron chi connectivity index (χ4n) is 2.07. The summed E-state index contributed by atoms with van der Waals surface area (Å²) in [5.41, 5.74) is 2.52. The number of likely N-dealkylation sites (N-methyl/N-ethyl adjacent to an activating group) is 1. The van der Waals surface area contributed by atoms with Crippen molar-refractivity contribution >= 4 is 16.5 Å². The van der Waals surface area contributed by atoms with E-state index in [1.807, 2.05) is 0 Å². The topological polar surface area (TPSA) is 28.2 Å². The van der Waals surface area contributed by atoms with E-state index in [0.29, 0.717) is 6.04 Å². The van der Waals surface area contributed by atoms with E-state index in [4.69, 9.17) is 4.98 Å². The molecule has 1 aromatic carbocycles. The van der Waals surface area contributed by atoms with Crippen LogP contribution in [-0.2, 0) is 13.0 Å². The SMILES string of the molecule is Cc1nc(N(C)CCc2ccccc2)sc1CNC(C)C. The Labute approximate surface area is 132 Å². The molecular formula is C17H25N3S. The Balaban J connectivity index is 1.93. The number of rotatable bonds is 7. The molecule has 0 saturated heterocycles. The summed E-state index contributed by atoms with van der Waals surface area (Å²) >= 11 is 1.80. The molecule has 0 fully saturated rings. The lowest BCUT2D eigenvalue weighted by atomic mass is 10.1. The molecule has 3 nitrogen and oxygen atoms in total. The van der Waals surface area contributed by atoms with Crippen LogP contribution in [0.4, 0.5) is 5.13 Å². The average Bonchev–Trinajstić information content (AvgIpc) is 2.85. The van der Waals surface area contributed by atoms with Gasteiger partial charge in [0.2, 0.25) is 0 Å². The number of anilines is 1. The summed E-state index contributed by atoms with van der Waals surface area (Å²) in [6, 6.07) is 11.1. The summed E-state index contributed by atoms with van der Waals surface area (Å²) in [5, 5.41) is 4.58. The number of nitrogens with zero attached hydrogens (tertiary/aromatic N) is 2. The third-order valence-electron chi connectivity index (χ3n) is 3.46. The van der Waals surface area contributed by atoms with Crippen LogP contribution in [0.25, 0.3) is 0 Å². The predicted octanol–water partition coefficient (Wildman–Crippen LogP) is 3.63. The first-order valence-corrected chi connectivity index (χ1v) is 8.32. The van der Waals surface area contributed by atoms with Crippen molar-refractivity contribution in [1.82, 2.24) is 10.3 Å². The minimum atomic E-state index is 0.505. The van der Waals surface area contributed by atoms with Crippen molar-refractivity contribution in [3.8, 4) is 0 Å². The second-order valence-electron chi connectivity index (χ2n) is 5.70. The molecule has 0 aliphatic heterocycles. The molecule has 0 atom stereocenters. The normalized spacial score (nSPS) is 11.1. The zero-order valence-electron chi connectivity index (χ0n) is 13.4. The Kier molecular flexibility index (Phi) is 5.76. The number of nitrogens with one attached hydrogen (secondary N) is 1. The van der Waals surface area contributed by atoms with E-state index in [1.54, 1.807) is 11.3 Å². The highest BCUT2D eigenvalue weighted by Gasteiger charge is 2.11. The number of hydrogen-bond donors (Lipinski definition) is 1. The van der Waals surface area contributed by atoms with E-state index in [0.717, 1.165) is 30.3 Å². The fraction of sp³-hybridized carbons (Fsp3) is 0.471. The lowest BCUT2D eigenvalue weighted by Gasteiger charge is -2.15. The summed E-state index contributed by atoms with van der Waals surface area (Å²) in [5.74, 6) is 0. The summed E-state index contributed by atoms with van der Waals surface area (Å²) in [6.45, 7) is 8.34. The van der Waals surface area contributed by atoms with Gasteiger partial charge in [-0.3, -0.25) is 0 Å². The minimum absolute atomic E-state index is 0.505. The second-order valence-corrected chi connectivity index (χ2v) is 6.76. The molecule has 1 aromatic heterocycles. The van der Waals surface area contributed by atoms with Crippen molar-refractivity contribution in [1.29, 1.82) is 0 Å². The van der Waals surface area contributed by atoms with Crippen molar-refractivity contribution in [2.45, 2.75) is 39.8 Å². The van der Waals surface area contributed by atoms with E-state index in [1.165, 1.54) is 10.4 Å². The highest BCUT2D eigenvalue weighted by atomic mass is 32.1. The van der Waals surface area contributed by atoms with Gasteiger partial charge in [0.1, 0.15) is 0 Å². The first kappa shape index (κ1) is 16.0. The molecule has 0 radical (unpaired) electrons. The Morgan fingerprint density at radius 1 is 1.24 bits per heavy atom. The highest BCUT2D eigenvalue weighted by molar-refractivity contribution is 7.15. The predicted molar refractivity (Wildman–Crippen MR) is 92.2 cm³/mol. The summed E-state index contributed by atoms with van der Waals surface area (Å²) in [6.07, 6.45) is 1.05. The van der Waals surface area contributed by atoms with E-state index < -0.39 is 0 Å². The fourth-order valence-corrected chi connectivity index (χ4v) is 3.07. The molecule has 0 aliphatic carbocycles. The maximum Gasteiger partial charge on any atom is 0.185 e. The van der Waals surface area contributed by atoms with Crippen LogP contribution in [0.3, 0.4) is 0 Å². The molecule has 21 heavy (non-hydrogen) atoms. The highest BCUT2D eigenvalue weighted by Crippen LogP contribution is 2.25. The molecular weight excluding hydrogens is 278 g/mol. The van der Waals surface area contributed by atoms with Crippen LogP contribution in [0.15, 0.2) is 30.3 Å². The monoisotopic (exact) mass is 303 g/mol. The van der Waals surface area contributed by atoms with E-state index in [-0.39, 0.29) is 0 Å². The van der Waals surface area contributed by atoms with Crippen molar-refractivity contribution in [3.63, 3.8) is 0 Å². The molecule has 2 rings (SSSR count). The standard InChI is InChI=1S/C17H25N3S/c1-13(2)18-12-16-14(3)19-17(21-16)20(4)11-10-15-8-6-5-7-9-15/h5-9,13,18H,10-12H2,1-4H3. The lowest BCUT2D eigenvalue weighted by molar-refractivity contribution is 0.591. The number of aryl methyl sites for hydroxylation is 1. The Bertz CT molecular complexity index is 548. The van der Waals surface area contributed by atoms with Crippen molar-refractivity contribution in [2.24, 2.45) is 0 Å². The quantitative estimate of drug-likeness (QED) is 0.846. The third-order valence-corrected chi connectivity index (χ3v) is 4.73. The van der Waals surface area contributed by atoms with Gasteiger partial charge in [0, 0.05) is 31.1 Å². The van der Waals surface area contributed by atoms with Gasteiger partial charge in [0.15, 0.2) is 5.13 Å². The number of thiazole rings is 1. The summed E-state index contributed by atoms with van der Waals surface area (Å²) in [7, 11) is 2.13. The van der Waals surface area contributed by atoms with Crippen molar-refractivity contribution in [2.75, 3.05) is 18.5 Å². The molecule has 0 amide bonds. The van der Waals surface area contributed by atoms with Crippen LogP contribution in [0.2, 0.25) is 0 Å². The Morgan fingerprint density at radius 2 is 1.95 bits per heavy atom. The van der Waals surface area contributed by atoms with Gasteiger partial charge in [-0.15, -0.1) is 11.3 Å². The third kappa shape index (κ3) is 4.83. The van der Waals surface area contributed by atoms with Crippen molar-refractivity contribution in [3.05, 3.63) is 46.5 Å². The summed E-state index contributed by atoms with van der Waals surface area (Å²) < 4.78 is 0. The lowest BCUT2D eigenvalue weighted by Crippen LogP contribution is -2.21. The van der Waals surface area contributed by atoms with Crippen molar-refractivity contribution < 1.29 is 0 Å². The van der Waals surface area contributed by atoms with Crippen LogP contribution in [-0.4, -0.2) is 24.6 Å². The molecule has 0 spiro atoms. The van der Waals surface area contributed by atoms with Crippen LogP contribution in [0, 0.1) is 6.92 Å². The zero-order valence-corrected chi connectivity index (χ0v) is 14.2. The molecule has 0 bridgehead atoms. The minimum Gasteiger partial charge on any atom is -0.351 e. The molecule has 0 aliphatic rings. The van der Waals surface area contributed by atoms with Gasteiger partial charge in [0.25, 0.3) is 0 Å². The van der Waals surface area contributed by atoms with Gasteiger partial charge < -0.3 is 10.2 Å². The first-order chi connectivity index (χ1) is 10.1. The van der Waals surface area contributed by atoms with E-state index in [2.05, 4.69) is 68.4 Å². The van der Waals surface area contributed by atoms with E-state index >= 15 is 0 Å². The smallest absolute Gasteiger partial charge is 0.185 e. The van der Waals surface area contributed by atoms with E-state index in [9.17, 15) is 0 Å². The number of hydrogen-bond acceptors (Lipinski definition) is 4. The molecule has 1 N–H and O–H groups in total. The van der Waals surface area contributed by atoms with Crippen LogP contribution in [0.1, 0.15) is 30.0 Å². The first-order valence-electron chi connectivity index (χ1n) is 7.51. The van der Waals surface area contributed by atoms with Gasteiger partial charge >= 0.3 is 0 Å². The Hall–Kier alpha value is -1.39. The van der Waals surface area contributed by atoms with Crippen LogP contribution >= 0.6 is 11.3 Å². The van der Waals surface area contributed by atoms with Gasteiger partial charge in [-0.25, -0.2) is 4.98 Å². The molecule has 1 heterocycles. The largest absolute Gasteiger partial charge is 0.351 e. The number of benzene rings is 1. The van der Waals surface area contributed by atoms with Gasteiger partial charge in [-0.05, 0) is 18.9 Å². The molecule has 0 unspecified atom stereocenters. The van der Waals surface area contributed by atoms with Gasteiger partial charge in [-0.2, -0.15) is 0 Å². The van der Waals surface area contributed by atoms with Gasteiger partial charge in [-0.1, -0.05) is 44.2 Å². The molecule has 114 valence electrons. The molecule has 4 heteroatoms. The average molecular weight is 303 g/mol. The van der Waals surface area contributed by atoms with Gasteiger partial charge in [0.05, 0.1) is 5.69 Å².